The molecule has 0 aliphatic rings. The molecule has 0 aromatic carbocycles. The van der Waals surface area contributed by atoms with Gasteiger partial charge in [-0.2, -0.15) is 0 Å². The first kappa shape index (κ1) is 10.4. The second-order valence-corrected chi connectivity index (χ2v) is 3.72. The van der Waals surface area contributed by atoms with Crippen molar-refractivity contribution < 1.29 is 9.28 Å². The van der Waals surface area contributed by atoms with E-state index in [4.69, 9.17) is 0 Å². The summed E-state index contributed by atoms with van der Waals surface area (Å²) in [5, 5.41) is 2.83. The van der Waals surface area contributed by atoms with Gasteiger partial charge in [-0.05, 0) is 0 Å². The van der Waals surface area contributed by atoms with Gasteiger partial charge in [0.25, 0.3) is 0 Å². The van der Waals surface area contributed by atoms with Crippen LogP contribution in [0.25, 0.3) is 0 Å². The Balaban J connectivity index is 3.35. The molecule has 0 aliphatic heterocycles. The van der Waals surface area contributed by atoms with Crippen molar-refractivity contribution in [2.24, 2.45) is 0 Å². The first-order chi connectivity index (χ1) is 4.95. The van der Waals surface area contributed by atoms with E-state index in [9.17, 15) is 4.79 Å². The molecule has 0 rings (SSSR count). The van der Waals surface area contributed by atoms with Crippen LogP contribution < -0.4 is 5.32 Å². The van der Waals surface area contributed by atoms with E-state index in [1.807, 2.05) is 6.92 Å². The van der Waals surface area contributed by atoms with E-state index in [0.717, 1.165) is 17.6 Å². The number of hydrogen-bond acceptors (Lipinski definition) is 1. The quantitative estimate of drug-likeness (QED) is 0.584. The van der Waals surface area contributed by atoms with Gasteiger partial charge in [0.15, 0.2) is 0 Å². The molecule has 0 fully saturated rings. The highest BCUT2D eigenvalue weighted by Crippen LogP contribution is 1.86. The largest absolute Gasteiger partial charge is 0.350 e. The summed E-state index contributed by atoms with van der Waals surface area (Å²) >= 11 is 0. The maximum absolute atomic E-state index is 10.8. The summed E-state index contributed by atoms with van der Waals surface area (Å²) in [6, 6.07) is 0. The van der Waals surface area contributed by atoms with Crippen LogP contribution in [0.4, 0.5) is 0 Å². The topological polar surface area (TPSA) is 29.1 Å². The maximum Gasteiger partial charge on any atom is 0.219 e. The van der Waals surface area contributed by atoms with Crippen LogP contribution in [-0.2, 0) is 4.79 Å². The fraction of sp³-hybridized carbons (Fsp3) is 0.875. The van der Waals surface area contributed by atoms with Gasteiger partial charge in [0.2, 0.25) is 5.91 Å². The minimum absolute atomic E-state index is 0.137. The summed E-state index contributed by atoms with van der Waals surface area (Å²) in [6.45, 7) is 3.61. The highest BCUT2D eigenvalue weighted by atomic mass is 16.1. The van der Waals surface area contributed by atoms with Crippen LogP contribution in [0.3, 0.4) is 0 Å². The summed E-state index contributed by atoms with van der Waals surface area (Å²) in [6.07, 6.45) is 0.580. The van der Waals surface area contributed by atoms with Crippen molar-refractivity contribution in [2.75, 3.05) is 34.2 Å². The molecule has 1 amide bonds. The van der Waals surface area contributed by atoms with Crippen LogP contribution in [0.15, 0.2) is 0 Å². The lowest BCUT2D eigenvalue weighted by molar-refractivity contribution is -0.869. The molecule has 0 aromatic heterocycles. The van der Waals surface area contributed by atoms with E-state index in [2.05, 4.69) is 26.5 Å². The van der Waals surface area contributed by atoms with E-state index in [1.165, 1.54) is 0 Å². The van der Waals surface area contributed by atoms with Crippen LogP contribution in [0.1, 0.15) is 13.3 Å². The number of hydrogen-bond donors (Lipinski definition) is 1. The zero-order valence-electron chi connectivity index (χ0n) is 7.98. The van der Waals surface area contributed by atoms with Crippen molar-refractivity contribution in [2.45, 2.75) is 13.3 Å². The second-order valence-electron chi connectivity index (χ2n) is 3.72. The monoisotopic (exact) mass is 159 g/mol. The molecule has 0 saturated heterocycles. The lowest BCUT2D eigenvalue weighted by Crippen LogP contribution is -2.41. The van der Waals surface area contributed by atoms with Gasteiger partial charge in [0, 0.05) is 6.42 Å². The second kappa shape index (κ2) is 4.34. The smallest absolute Gasteiger partial charge is 0.219 e. The SMILES string of the molecule is CCC(=O)NCC[N+](C)(C)C. The van der Waals surface area contributed by atoms with Gasteiger partial charge in [0.05, 0.1) is 34.2 Å². The molecule has 0 radical (unpaired) electrons. The molecule has 11 heavy (non-hydrogen) atoms. The molecular formula is C8H19N2O+. The molecule has 66 valence electrons. The number of carbonyl (C=O) groups is 1. The number of nitrogens with zero attached hydrogens (tertiary/aromatic N) is 1. The van der Waals surface area contributed by atoms with E-state index in [1.54, 1.807) is 0 Å². The van der Waals surface area contributed by atoms with Crippen LogP contribution in [-0.4, -0.2) is 44.6 Å². The van der Waals surface area contributed by atoms with E-state index < -0.39 is 0 Å². The average Bonchev–Trinajstić information content (AvgIpc) is 1.85. The van der Waals surface area contributed by atoms with E-state index in [-0.39, 0.29) is 5.91 Å². The standard InChI is InChI=1S/C8H18N2O/c1-5-8(11)9-6-7-10(2,3)4/h5-7H2,1-4H3/p+1. The van der Waals surface area contributed by atoms with E-state index >= 15 is 0 Å². The van der Waals surface area contributed by atoms with Crippen molar-refractivity contribution in [1.29, 1.82) is 0 Å². The maximum atomic E-state index is 10.8. The van der Waals surface area contributed by atoms with E-state index in [0.29, 0.717) is 6.42 Å². The van der Waals surface area contributed by atoms with Gasteiger partial charge >= 0.3 is 0 Å². The first-order valence-corrected chi connectivity index (χ1v) is 4.03. The fourth-order valence-corrected chi connectivity index (χ4v) is 0.656. The Bertz CT molecular complexity index is 127. The summed E-state index contributed by atoms with van der Waals surface area (Å²) in [7, 11) is 6.33. The lowest BCUT2D eigenvalue weighted by Gasteiger charge is -2.23. The predicted molar refractivity (Wildman–Crippen MR) is 46.2 cm³/mol. The molecule has 0 aromatic rings. The van der Waals surface area contributed by atoms with Gasteiger partial charge in [0.1, 0.15) is 0 Å². The molecule has 0 aliphatic carbocycles. The molecule has 0 heterocycles. The fourth-order valence-electron chi connectivity index (χ4n) is 0.656. The Morgan fingerprint density at radius 2 is 1.91 bits per heavy atom. The van der Waals surface area contributed by atoms with Gasteiger partial charge in [-0.1, -0.05) is 6.92 Å². The molecule has 0 spiro atoms. The van der Waals surface area contributed by atoms with Crippen LogP contribution in [0.5, 0.6) is 0 Å². The molecule has 0 bridgehead atoms. The Labute approximate surface area is 69.0 Å². The minimum atomic E-state index is 0.137. The predicted octanol–water partition coefficient (Wildman–Crippen LogP) is 0.219. The Kier molecular flexibility index (Phi) is 4.11. The Hall–Kier alpha value is -0.570. The molecule has 0 atom stereocenters. The average molecular weight is 159 g/mol. The molecule has 0 unspecified atom stereocenters. The molecule has 3 heteroatoms. The minimum Gasteiger partial charge on any atom is -0.350 e. The van der Waals surface area contributed by atoms with Crippen molar-refractivity contribution in [3.8, 4) is 0 Å². The Morgan fingerprint density at radius 3 is 2.27 bits per heavy atom. The number of amides is 1. The van der Waals surface area contributed by atoms with Gasteiger partial charge in [-0.3, -0.25) is 4.79 Å². The molecular weight excluding hydrogens is 140 g/mol. The molecule has 0 saturated carbocycles. The number of likely N-dealkylation sites (N-methyl/N-ethyl adjacent to an activating group) is 1. The van der Waals surface area contributed by atoms with Crippen molar-refractivity contribution in [3.05, 3.63) is 0 Å². The van der Waals surface area contributed by atoms with Crippen LogP contribution in [0.2, 0.25) is 0 Å². The summed E-state index contributed by atoms with van der Waals surface area (Å²) in [5.41, 5.74) is 0. The highest BCUT2D eigenvalue weighted by molar-refractivity contribution is 5.75. The third kappa shape index (κ3) is 7.33. The number of rotatable bonds is 4. The van der Waals surface area contributed by atoms with Gasteiger partial charge < -0.3 is 9.80 Å². The Morgan fingerprint density at radius 1 is 1.36 bits per heavy atom. The number of carbonyl (C=O) groups excluding carboxylic acids is 1. The van der Waals surface area contributed by atoms with Gasteiger partial charge in [-0.25, -0.2) is 0 Å². The van der Waals surface area contributed by atoms with Crippen LogP contribution >= 0.6 is 0 Å². The summed E-state index contributed by atoms with van der Waals surface area (Å²) < 4.78 is 0.893. The zero-order chi connectivity index (χ0) is 8.91. The summed E-state index contributed by atoms with van der Waals surface area (Å²) in [5.74, 6) is 0.137. The van der Waals surface area contributed by atoms with Crippen molar-refractivity contribution in [1.82, 2.24) is 5.32 Å². The van der Waals surface area contributed by atoms with Crippen molar-refractivity contribution >= 4 is 5.91 Å². The third-order valence-corrected chi connectivity index (χ3v) is 1.43. The number of nitrogens with one attached hydrogen (secondary N) is 1. The van der Waals surface area contributed by atoms with Crippen molar-refractivity contribution in [3.63, 3.8) is 0 Å². The lowest BCUT2D eigenvalue weighted by atomic mass is 10.4. The zero-order valence-corrected chi connectivity index (χ0v) is 7.98. The first-order valence-electron chi connectivity index (χ1n) is 4.03. The summed E-state index contributed by atoms with van der Waals surface area (Å²) in [4.78, 5) is 10.8. The van der Waals surface area contributed by atoms with Crippen LogP contribution in [0, 0.1) is 0 Å². The third-order valence-electron chi connectivity index (χ3n) is 1.43. The van der Waals surface area contributed by atoms with Gasteiger partial charge in [-0.15, -0.1) is 0 Å². The number of quaternary nitrogens is 1. The normalized spacial score (nSPS) is 11.3. The highest BCUT2D eigenvalue weighted by Gasteiger charge is 2.06. The molecule has 3 nitrogen and oxygen atoms in total. The molecule has 1 N–H and O–H groups in total.